The fourth-order valence-electron chi connectivity index (χ4n) is 4.49. The number of hydrogen-bond donors (Lipinski definition) is 1. The number of carbonyl (C=O) groups is 2. The van der Waals surface area contributed by atoms with Crippen molar-refractivity contribution in [2.45, 2.75) is 45.3 Å². The van der Waals surface area contributed by atoms with E-state index in [1.54, 1.807) is 6.07 Å². The molecule has 13 heteroatoms. The minimum absolute atomic E-state index is 0.00660. The van der Waals surface area contributed by atoms with Gasteiger partial charge in [-0.15, -0.1) is 15.3 Å². The van der Waals surface area contributed by atoms with Gasteiger partial charge in [-0.25, -0.2) is 0 Å². The number of fused-ring (bicyclic) bond motifs is 1. The Kier molecular flexibility index (Phi) is 7.43. The number of rotatable bonds is 6. The number of carbonyl (C=O) groups excluding carboxylic acids is 2. The van der Waals surface area contributed by atoms with Gasteiger partial charge in [-0.05, 0) is 38.3 Å². The van der Waals surface area contributed by atoms with Crippen LogP contribution in [0.2, 0.25) is 0 Å². The molecule has 2 aromatic heterocycles. The van der Waals surface area contributed by atoms with Crippen molar-refractivity contribution in [3.63, 3.8) is 0 Å². The first-order chi connectivity index (χ1) is 16.7. The Balaban J connectivity index is 1.28. The van der Waals surface area contributed by atoms with E-state index in [2.05, 4.69) is 25.5 Å². The van der Waals surface area contributed by atoms with Crippen molar-refractivity contribution in [1.82, 2.24) is 34.9 Å². The van der Waals surface area contributed by atoms with Crippen molar-refractivity contribution in [2.24, 2.45) is 5.92 Å². The molecule has 4 heterocycles. The fourth-order valence-corrected chi connectivity index (χ4v) is 4.49. The minimum atomic E-state index is -4.65. The zero-order valence-corrected chi connectivity index (χ0v) is 20.0. The Bertz CT molecular complexity index is 1040. The molecular weight excluding hydrogens is 465 g/mol. The quantitative estimate of drug-likeness (QED) is 0.646. The van der Waals surface area contributed by atoms with E-state index in [1.807, 2.05) is 23.6 Å². The summed E-state index contributed by atoms with van der Waals surface area (Å²) < 4.78 is 40.2. The molecule has 1 unspecified atom stereocenters. The molecule has 35 heavy (non-hydrogen) atoms. The van der Waals surface area contributed by atoms with Crippen molar-refractivity contribution in [3.05, 3.63) is 18.0 Å². The molecular formula is C22H31F3N8O2. The number of anilines is 1. The summed E-state index contributed by atoms with van der Waals surface area (Å²) in [5.41, 5.74) is 0.0302. The normalized spacial score (nSPS) is 19.2. The van der Waals surface area contributed by atoms with Gasteiger partial charge in [-0.1, -0.05) is 6.92 Å². The molecule has 0 bridgehead atoms. The summed E-state index contributed by atoms with van der Waals surface area (Å²) in [5, 5.41) is 13.8. The predicted molar refractivity (Wildman–Crippen MR) is 122 cm³/mol. The van der Waals surface area contributed by atoms with Crippen molar-refractivity contribution in [1.29, 1.82) is 0 Å². The first-order valence-corrected chi connectivity index (χ1v) is 12.0. The van der Waals surface area contributed by atoms with Gasteiger partial charge in [0.15, 0.2) is 5.65 Å². The third-order valence-corrected chi connectivity index (χ3v) is 6.74. The van der Waals surface area contributed by atoms with Gasteiger partial charge in [0.05, 0.1) is 6.54 Å². The SMILES string of the molecule is CCC(C)NC(=O)CN1CCN(C(=O)C2CCN(c3ccc4nnc(C(F)(F)F)n4n3)CC2)CC1. The van der Waals surface area contributed by atoms with E-state index in [-0.39, 0.29) is 29.4 Å². The molecule has 2 aliphatic rings. The topological polar surface area (TPSA) is 99.0 Å². The molecule has 192 valence electrons. The maximum absolute atomic E-state index is 13.2. The first kappa shape index (κ1) is 25.1. The van der Waals surface area contributed by atoms with Crippen molar-refractivity contribution < 1.29 is 22.8 Å². The summed E-state index contributed by atoms with van der Waals surface area (Å²) in [7, 11) is 0. The molecule has 2 fully saturated rings. The van der Waals surface area contributed by atoms with E-state index < -0.39 is 12.0 Å². The highest BCUT2D eigenvalue weighted by molar-refractivity contribution is 5.80. The van der Waals surface area contributed by atoms with Crippen LogP contribution in [0.1, 0.15) is 38.9 Å². The number of nitrogens with one attached hydrogen (secondary N) is 1. The largest absolute Gasteiger partial charge is 0.453 e. The molecule has 0 spiro atoms. The van der Waals surface area contributed by atoms with Gasteiger partial charge in [-0.2, -0.15) is 17.7 Å². The number of piperidine rings is 1. The van der Waals surface area contributed by atoms with Crippen LogP contribution >= 0.6 is 0 Å². The van der Waals surface area contributed by atoms with E-state index in [4.69, 9.17) is 0 Å². The van der Waals surface area contributed by atoms with Crippen molar-refractivity contribution >= 4 is 23.3 Å². The van der Waals surface area contributed by atoms with Gasteiger partial charge in [0.2, 0.25) is 11.8 Å². The summed E-state index contributed by atoms with van der Waals surface area (Å²) in [6.07, 6.45) is -2.56. The molecule has 0 saturated carbocycles. The van der Waals surface area contributed by atoms with E-state index in [9.17, 15) is 22.8 Å². The smallest absolute Gasteiger partial charge is 0.355 e. The van der Waals surface area contributed by atoms with Gasteiger partial charge < -0.3 is 15.1 Å². The molecule has 0 aromatic carbocycles. The van der Waals surface area contributed by atoms with Crippen LogP contribution in [-0.2, 0) is 15.8 Å². The minimum Gasteiger partial charge on any atom is -0.355 e. The molecule has 2 aliphatic heterocycles. The van der Waals surface area contributed by atoms with Gasteiger partial charge in [0.25, 0.3) is 5.82 Å². The lowest BCUT2D eigenvalue weighted by Crippen LogP contribution is -2.53. The Morgan fingerprint density at radius 2 is 1.77 bits per heavy atom. The van der Waals surface area contributed by atoms with Crippen LogP contribution in [0.3, 0.4) is 0 Å². The van der Waals surface area contributed by atoms with Gasteiger partial charge in [0, 0.05) is 51.2 Å². The number of nitrogens with zero attached hydrogens (tertiary/aromatic N) is 7. The summed E-state index contributed by atoms with van der Waals surface area (Å²) in [4.78, 5) is 31.0. The summed E-state index contributed by atoms with van der Waals surface area (Å²) in [5.74, 6) is -0.771. The Morgan fingerprint density at radius 1 is 1.09 bits per heavy atom. The highest BCUT2D eigenvalue weighted by atomic mass is 19.4. The monoisotopic (exact) mass is 496 g/mol. The Morgan fingerprint density at radius 3 is 2.40 bits per heavy atom. The third kappa shape index (κ3) is 5.82. The third-order valence-electron chi connectivity index (χ3n) is 6.74. The molecule has 10 nitrogen and oxygen atoms in total. The standard InChI is InChI=1S/C22H31F3N8O2/c1-3-15(2)26-19(34)14-30-10-12-32(13-11-30)20(35)16-6-8-31(9-7-16)18-5-4-17-27-28-21(22(23,24)25)33(17)29-18/h4-5,15-16H,3,6-14H2,1-2H3,(H,26,34). The van der Waals surface area contributed by atoms with Crippen LogP contribution in [0.5, 0.6) is 0 Å². The highest BCUT2D eigenvalue weighted by Gasteiger charge is 2.38. The summed E-state index contributed by atoms with van der Waals surface area (Å²) in [6.45, 7) is 7.86. The number of alkyl halides is 3. The molecule has 1 N–H and O–H groups in total. The molecule has 2 aromatic rings. The Labute approximate surface area is 201 Å². The molecule has 0 aliphatic carbocycles. The van der Waals surface area contributed by atoms with Crippen LogP contribution in [-0.4, -0.2) is 93.3 Å². The van der Waals surface area contributed by atoms with Crippen LogP contribution in [0.4, 0.5) is 19.0 Å². The summed E-state index contributed by atoms with van der Waals surface area (Å²) >= 11 is 0. The lowest BCUT2D eigenvalue weighted by molar-refractivity contribution is -0.146. The predicted octanol–water partition coefficient (Wildman–Crippen LogP) is 1.42. The lowest BCUT2D eigenvalue weighted by atomic mass is 9.95. The second kappa shape index (κ2) is 10.3. The van der Waals surface area contributed by atoms with Crippen LogP contribution < -0.4 is 10.2 Å². The average molecular weight is 497 g/mol. The number of hydrogen-bond acceptors (Lipinski definition) is 7. The Hall–Kier alpha value is -2.96. The van der Waals surface area contributed by atoms with E-state index >= 15 is 0 Å². The zero-order valence-electron chi connectivity index (χ0n) is 20.0. The van der Waals surface area contributed by atoms with Crippen LogP contribution in [0.15, 0.2) is 12.1 Å². The zero-order chi connectivity index (χ0) is 25.2. The maximum atomic E-state index is 13.2. The molecule has 2 saturated heterocycles. The van der Waals surface area contributed by atoms with Gasteiger partial charge in [0.1, 0.15) is 5.82 Å². The second-order valence-corrected chi connectivity index (χ2v) is 9.22. The first-order valence-electron chi connectivity index (χ1n) is 12.0. The average Bonchev–Trinajstić information content (AvgIpc) is 3.28. The lowest BCUT2D eigenvalue weighted by Gasteiger charge is -2.38. The maximum Gasteiger partial charge on any atom is 0.453 e. The number of amides is 2. The van der Waals surface area contributed by atoms with Crippen molar-refractivity contribution in [2.75, 3.05) is 50.7 Å². The second-order valence-electron chi connectivity index (χ2n) is 9.22. The fraction of sp³-hybridized carbons (Fsp3) is 0.682. The highest BCUT2D eigenvalue weighted by Crippen LogP contribution is 2.29. The van der Waals surface area contributed by atoms with Crippen molar-refractivity contribution in [3.8, 4) is 0 Å². The molecule has 4 rings (SSSR count). The van der Waals surface area contributed by atoms with Crippen LogP contribution in [0.25, 0.3) is 5.65 Å². The molecule has 2 amide bonds. The van der Waals surface area contributed by atoms with E-state index in [0.29, 0.717) is 64.5 Å². The van der Waals surface area contributed by atoms with Gasteiger partial charge in [-0.3, -0.25) is 14.5 Å². The number of aromatic nitrogens is 4. The van der Waals surface area contributed by atoms with E-state index in [0.717, 1.165) is 10.9 Å². The number of halogens is 3. The van der Waals surface area contributed by atoms with Crippen LogP contribution in [0, 0.1) is 5.92 Å². The molecule has 0 radical (unpaired) electrons. The summed E-state index contributed by atoms with van der Waals surface area (Å²) in [6, 6.07) is 3.24. The number of piperazine rings is 1. The van der Waals surface area contributed by atoms with Gasteiger partial charge >= 0.3 is 6.18 Å². The molecule has 1 atom stereocenters. The van der Waals surface area contributed by atoms with E-state index in [1.165, 1.54) is 6.07 Å².